The van der Waals surface area contributed by atoms with Crippen molar-refractivity contribution in [2.45, 2.75) is 0 Å². The molecule has 2 heterocycles. The van der Waals surface area contributed by atoms with Gasteiger partial charge in [0.2, 0.25) is 0 Å². The fourth-order valence-corrected chi connectivity index (χ4v) is 7.14. The normalized spacial score (nSPS) is 11.0. The summed E-state index contributed by atoms with van der Waals surface area (Å²) in [6.07, 6.45) is 0. The zero-order chi connectivity index (χ0) is 40.8. The van der Waals surface area contributed by atoms with E-state index in [1.165, 1.54) is 11.1 Å². The number of hydrogen-bond acceptors (Lipinski definition) is 7. The van der Waals surface area contributed by atoms with Gasteiger partial charge in [0.25, 0.3) is 0 Å². The van der Waals surface area contributed by atoms with Crippen LogP contribution in [0.15, 0.2) is 218 Å². The summed E-state index contributed by atoms with van der Waals surface area (Å²) in [6.45, 7) is 0. The average molecular weight is 785 g/mol. The lowest BCUT2D eigenvalue weighted by Gasteiger charge is -2.13. The monoisotopic (exact) mass is 784 g/mol. The summed E-state index contributed by atoms with van der Waals surface area (Å²) in [5, 5.41) is 0. The number of para-hydroxylation sites is 1. The van der Waals surface area contributed by atoms with Crippen molar-refractivity contribution in [1.82, 2.24) is 29.9 Å². The molecule has 0 fully saturated rings. The van der Waals surface area contributed by atoms with Crippen LogP contribution in [0.4, 0.5) is 0 Å². The Labute approximate surface area is 353 Å². The van der Waals surface area contributed by atoms with Crippen LogP contribution < -0.4 is 4.74 Å². The molecule has 2 aromatic heterocycles. The Kier molecular flexibility index (Phi) is 10.2. The van der Waals surface area contributed by atoms with Gasteiger partial charge in [-0.05, 0) is 64.7 Å². The van der Waals surface area contributed by atoms with Gasteiger partial charge in [-0.3, -0.25) is 0 Å². The van der Waals surface area contributed by atoms with Crippen LogP contribution in [0, 0.1) is 0 Å². The molecule has 0 aliphatic rings. The molecule has 8 aromatic carbocycles. The van der Waals surface area contributed by atoms with E-state index in [1.54, 1.807) is 0 Å². The number of benzene rings is 8. The molecule has 0 atom stereocenters. The molecule has 10 rings (SSSR count). The Hall–Kier alpha value is -8.42. The molecule has 0 saturated heterocycles. The molecule has 61 heavy (non-hydrogen) atoms. The van der Waals surface area contributed by atoms with Crippen molar-refractivity contribution in [2.24, 2.45) is 0 Å². The molecular weight excluding hydrogens is 749 g/mol. The van der Waals surface area contributed by atoms with E-state index in [4.69, 9.17) is 34.6 Å². The minimum absolute atomic E-state index is 0.503. The first-order chi connectivity index (χ1) is 30.2. The molecule has 10 aromatic rings. The Morgan fingerprint density at radius 1 is 0.230 bits per heavy atom. The fraction of sp³-hybridized carbons (Fsp3) is 0. The third-order valence-electron chi connectivity index (χ3n) is 10.3. The molecule has 0 amide bonds. The van der Waals surface area contributed by atoms with Gasteiger partial charge in [0.15, 0.2) is 34.9 Å². The number of aromatic nitrogens is 6. The van der Waals surface area contributed by atoms with E-state index in [0.29, 0.717) is 46.4 Å². The van der Waals surface area contributed by atoms with Gasteiger partial charge in [-0.15, -0.1) is 0 Å². The van der Waals surface area contributed by atoms with E-state index in [0.717, 1.165) is 44.5 Å². The van der Waals surface area contributed by atoms with Crippen molar-refractivity contribution in [3.8, 4) is 102 Å². The minimum Gasteiger partial charge on any atom is -0.457 e. The minimum atomic E-state index is 0.503. The zero-order valence-corrected chi connectivity index (χ0v) is 32.9. The maximum absolute atomic E-state index is 6.58. The molecule has 0 spiro atoms. The third kappa shape index (κ3) is 8.17. The van der Waals surface area contributed by atoms with Crippen molar-refractivity contribution < 1.29 is 4.74 Å². The average Bonchev–Trinajstić information content (AvgIpc) is 3.35. The van der Waals surface area contributed by atoms with Crippen molar-refractivity contribution in [3.05, 3.63) is 218 Å². The zero-order valence-electron chi connectivity index (χ0n) is 32.9. The van der Waals surface area contributed by atoms with Crippen LogP contribution in [0.5, 0.6) is 11.5 Å². The summed E-state index contributed by atoms with van der Waals surface area (Å²) in [7, 11) is 0. The first-order valence-electron chi connectivity index (χ1n) is 20.0. The Morgan fingerprint density at radius 2 is 0.541 bits per heavy atom. The highest BCUT2D eigenvalue weighted by Gasteiger charge is 2.17. The largest absolute Gasteiger partial charge is 0.457 e. The van der Waals surface area contributed by atoms with Crippen LogP contribution in [-0.4, -0.2) is 29.9 Å². The summed E-state index contributed by atoms with van der Waals surface area (Å²) in [4.78, 5) is 29.6. The number of rotatable bonds is 10. The number of hydrogen-bond donors (Lipinski definition) is 0. The summed E-state index contributed by atoms with van der Waals surface area (Å²) < 4.78 is 6.58. The van der Waals surface area contributed by atoms with Crippen LogP contribution in [0.1, 0.15) is 0 Å². The first-order valence-corrected chi connectivity index (χ1v) is 20.0. The lowest BCUT2D eigenvalue weighted by atomic mass is 9.98. The van der Waals surface area contributed by atoms with Crippen molar-refractivity contribution in [2.75, 3.05) is 0 Å². The molecule has 0 aliphatic carbocycles. The second-order valence-corrected chi connectivity index (χ2v) is 14.4. The van der Waals surface area contributed by atoms with Crippen LogP contribution >= 0.6 is 0 Å². The van der Waals surface area contributed by atoms with Crippen LogP contribution in [0.2, 0.25) is 0 Å². The second kappa shape index (κ2) is 16.8. The van der Waals surface area contributed by atoms with E-state index in [9.17, 15) is 0 Å². The Balaban J connectivity index is 0.968. The molecule has 0 saturated carbocycles. The summed E-state index contributed by atoms with van der Waals surface area (Å²) in [5.41, 5.74) is 9.76. The van der Waals surface area contributed by atoms with Gasteiger partial charge in [0.1, 0.15) is 11.5 Å². The first kappa shape index (κ1) is 36.9. The lowest BCUT2D eigenvalue weighted by molar-refractivity contribution is 0.484. The summed E-state index contributed by atoms with van der Waals surface area (Å²) >= 11 is 0. The second-order valence-electron chi connectivity index (χ2n) is 14.4. The fourth-order valence-electron chi connectivity index (χ4n) is 7.14. The van der Waals surface area contributed by atoms with Crippen LogP contribution in [-0.2, 0) is 0 Å². The topological polar surface area (TPSA) is 86.6 Å². The molecule has 0 bridgehead atoms. The van der Waals surface area contributed by atoms with E-state index < -0.39 is 0 Å². The quantitative estimate of drug-likeness (QED) is 0.136. The van der Waals surface area contributed by atoms with Gasteiger partial charge in [-0.25, -0.2) is 29.9 Å². The third-order valence-corrected chi connectivity index (χ3v) is 10.3. The molecule has 288 valence electrons. The number of ether oxygens (including phenoxy) is 1. The molecule has 7 heteroatoms. The predicted octanol–water partition coefficient (Wildman–Crippen LogP) is 13.2. The van der Waals surface area contributed by atoms with Gasteiger partial charge in [-0.1, -0.05) is 176 Å². The maximum atomic E-state index is 6.58. The molecular formula is C54H36N6O. The van der Waals surface area contributed by atoms with E-state index >= 15 is 0 Å². The molecule has 7 nitrogen and oxygen atoms in total. The highest BCUT2D eigenvalue weighted by atomic mass is 16.5. The molecule has 0 radical (unpaired) electrons. The smallest absolute Gasteiger partial charge is 0.167 e. The number of nitrogens with zero attached hydrogens (tertiary/aromatic N) is 6. The van der Waals surface area contributed by atoms with Crippen molar-refractivity contribution in [1.29, 1.82) is 0 Å². The van der Waals surface area contributed by atoms with Gasteiger partial charge < -0.3 is 4.74 Å². The molecule has 0 aliphatic heterocycles. The van der Waals surface area contributed by atoms with E-state index in [1.807, 2.05) is 146 Å². The van der Waals surface area contributed by atoms with Gasteiger partial charge in [-0.2, -0.15) is 0 Å². The predicted molar refractivity (Wildman–Crippen MR) is 243 cm³/mol. The highest BCUT2D eigenvalue weighted by molar-refractivity contribution is 5.76. The molecule has 0 N–H and O–H groups in total. The lowest BCUT2D eigenvalue weighted by Crippen LogP contribution is -2.01. The van der Waals surface area contributed by atoms with Crippen LogP contribution in [0.3, 0.4) is 0 Å². The standard InChI is InChI=1S/C54H36N6O/c1-5-16-37(17-6-1)44-24-15-25-45(36-44)38-28-30-42(31-29-38)53-58-51(41-22-11-4-12-23-41)59-54(60-53)47-26-13-14-27-48(47)61-46-34-32-43(33-35-46)52-56-49(39-18-7-2-8-19-39)55-50(57-52)40-20-9-3-10-21-40/h1-36H. The van der Waals surface area contributed by atoms with Gasteiger partial charge in [0, 0.05) is 27.8 Å². The summed E-state index contributed by atoms with van der Waals surface area (Å²) in [5.74, 6) is 4.67. The van der Waals surface area contributed by atoms with E-state index in [-0.39, 0.29) is 0 Å². The maximum Gasteiger partial charge on any atom is 0.167 e. The van der Waals surface area contributed by atoms with Crippen molar-refractivity contribution in [3.63, 3.8) is 0 Å². The molecule has 0 unspecified atom stereocenters. The van der Waals surface area contributed by atoms with Gasteiger partial charge >= 0.3 is 0 Å². The Morgan fingerprint density at radius 3 is 1.00 bits per heavy atom. The van der Waals surface area contributed by atoms with E-state index in [2.05, 4.69) is 72.8 Å². The Bertz CT molecular complexity index is 3010. The van der Waals surface area contributed by atoms with Crippen molar-refractivity contribution >= 4 is 0 Å². The van der Waals surface area contributed by atoms with Crippen LogP contribution in [0.25, 0.3) is 90.6 Å². The SMILES string of the molecule is c1ccc(-c2cccc(-c3ccc(-c4nc(-c5ccccc5)nc(-c5ccccc5Oc5ccc(-c6nc(-c7ccccc7)nc(-c7ccccc7)n6)cc5)n4)cc3)c2)cc1. The van der Waals surface area contributed by atoms with Gasteiger partial charge in [0.05, 0.1) is 5.56 Å². The summed E-state index contributed by atoms with van der Waals surface area (Å²) in [6, 6.07) is 72.9. The highest BCUT2D eigenvalue weighted by Crippen LogP contribution is 2.35.